The Hall–Kier alpha value is -1.58. The third kappa shape index (κ3) is 2.44. The van der Waals surface area contributed by atoms with E-state index >= 15 is 0 Å². The molecule has 1 aliphatic rings. The lowest BCUT2D eigenvalue weighted by Crippen LogP contribution is -2.24. The molecule has 0 radical (unpaired) electrons. The third-order valence-electron chi connectivity index (χ3n) is 3.33. The summed E-state index contributed by atoms with van der Waals surface area (Å²) in [5.41, 5.74) is 7.81. The van der Waals surface area contributed by atoms with Gasteiger partial charge in [-0.2, -0.15) is 0 Å². The van der Waals surface area contributed by atoms with Crippen molar-refractivity contribution >= 4 is 11.6 Å². The van der Waals surface area contributed by atoms with E-state index in [1.807, 2.05) is 24.3 Å². The summed E-state index contributed by atoms with van der Waals surface area (Å²) in [6, 6.07) is 11.7. The summed E-state index contributed by atoms with van der Waals surface area (Å²) in [6.07, 6.45) is 0.461. The summed E-state index contributed by atoms with van der Waals surface area (Å²) < 4.78 is 19.1. The number of fused-ring (bicyclic) bond motifs is 1. The van der Waals surface area contributed by atoms with Crippen molar-refractivity contribution in [3.05, 3.63) is 64.4 Å². The molecule has 1 unspecified atom stereocenters. The molecule has 2 N–H and O–H groups in total. The Balaban J connectivity index is 1.95. The van der Waals surface area contributed by atoms with Crippen molar-refractivity contribution in [3.8, 4) is 5.75 Å². The Morgan fingerprint density at radius 3 is 2.84 bits per heavy atom. The molecule has 2 nitrogen and oxygen atoms in total. The maximum absolute atomic E-state index is 13.2. The summed E-state index contributed by atoms with van der Waals surface area (Å²) >= 11 is 5.99. The van der Waals surface area contributed by atoms with E-state index in [2.05, 4.69) is 0 Å². The smallest absolute Gasteiger partial charge is 0.126 e. The van der Waals surface area contributed by atoms with Crippen molar-refractivity contribution in [1.82, 2.24) is 0 Å². The zero-order valence-electron chi connectivity index (χ0n) is 10.1. The predicted molar refractivity (Wildman–Crippen MR) is 72.8 cm³/mol. The van der Waals surface area contributed by atoms with Gasteiger partial charge in [-0.25, -0.2) is 4.39 Å². The van der Waals surface area contributed by atoms with Crippen LogP contribution in [0.1, 0.15) is 29.7 Å². The van der Waals surface area contributed by atoms with Crippen molar-refractivity contribution in [3.63, 3.8) is 0 Å². The Morgan fingerprint density at radius 2 is 2.05 bits per heavy atom. The number of benzene rings is 2. The van der Waals surface area contributed by atoms with E-state index in [4.69, 9.17) is 22.1 Å². The SMILES string of the molecule is N[C@@H]1CC(c2cccc(Cl)c2)Oc2ccc(F)cc21. The van der Waals surface area contributed by atoms with Crippen LogP contribution < -0.4 is 10.5 Å². The number of halogens is 2. The fraction of sp³-hybridized carbons (Fsp3) is 0.200. The Labute approximate surface area is 115 Å². The van der Waals surface area contributed by atoms with E-state index < -0.39 is 0 Å². The molecule has 0 amide bonds. The van der Waals surface area contributed by atoms with Gasteiger partial charge >= 0.3 is 0 Å². The van der Waals surface area contributed by atoms with E-state index in [0.717, 1.165) is 11.1 Å². The number of hydrogen-bond acceptors (Lipinski definition) is 2. The number of nitrogens with two attached hydrogens (primary N) is 1. The minimum Gasteiger partial charge on any atom is -0.485 e. The van der Waals surface area contributed by atoms with E-state index in [0.29, 0.717) is 17.2 Å². The molecule has 3 rings (SSSR count). The second-order valence-electron chi connectivity index (χ2n) is 4.69. The summed E-state index contributed by atoms with van der Waals surface area (Å²) in [4.78, 5) is 0. The van der Waals surface area contributed by atoms with Crippen molar-refractivity contribution in [2.75, 3.05) is 0 Å². The van der Waals surface area contributed by atoms with Gasteiger partial charge in [0.2, 0.25) is 0 Å². The summed E-state index contributed by atoms with van der Waals surface area (Å²) in [5, 5.41) is 0.666. The van der Waals surface area contributed by atoms with Crippen LogP contribution in [0.25, 0.3) is 0 Å². The standard InChI is InChI=1S/C15H13ClFNO/c16-10-3-1-2-9(6-10)15-8-13(18)12-7-11(17)4-5-14(12)19-15/h1-7,13,15H,8,18H2/t13-,15?/m1/s1. The molecule has 2 aromatic carbocycles. The van der Waals surface area contributed by atoms with Gasteiger partial charge < -0.3 is 10.5 Å². The normalized spacial score (nSPS) is 21.6. The molecule has 0 aliphatic carbocycles. The first-order chi connectivity index (χ1) is 9.13. The van der Waals surface area contributed by atoms with Gasteiger partial charge in [0.1, 0.15) is 17.7 Å². The number of ether oxygens (including phenoxy) is 1. The topological polar surface area (TPSA) is 35.2 Å². The van der Waals surface area contributed by atoms with Gasteiger partial charge in [0.15, 0.2) is 0 Å². The van der Waals surface area contributed by atoms with Crippen LogP contribution in [0.4, 0.5) is 4.39 Å². The lowest BCUT2D eigenvalue weighted by Gasteiger charge is -2.30. The lowest BCUT2D eigenvalue weighted by atomic mass is 9.93. The van der Waals surface area contributed by atoms with Crippen molar-refractivity contribution in [1.29, 1.82) is 0 Å². The van der Waals surface area contributed by atoms with Crippen LogP contribution in [0.15, 0.2) is 42.5 Å². The molecular weight excluding hydrogens is 265 g/mol. The monoisotopic (exact) mass is 277 g/mol. The van der Waals surface area contributed by atoms with Crippen LogP contribution in [0.2, 0.25) is 5.02 Å². The third-order valence-corrected chi connectivity index (χ3v) is 3.56. The maximum atomic E-state index is 13.2. The highest BCUT2D eigenvalue weighted by atomic mass is 35.5. The molecule has 2 atom stereocenters. The van der Waals surface area contributed by atoms with E-state index in [-0.39, 0.29) is 18.0 Å². The van der Waals surface area contributed by atoms with Gasteiger partial charge in [-0.05, 0) is 35.9 Å². The molecule has 0 spiro atoms. The van der Waals surface area contributed by atoms with Crippen LogP contribution in [0.5, 0.6) is 5.75 Å². The summed E-state index contributed by atoms with van der Waals surface area (Å²) in [6.45, 7) is 0. The van der Waals surface area contributed by atoms with Crippen molar-refractivity contribution in [2.24, 2.45) is 5.73 Å². The van der Waals surface area contributed by atoms with E-state index in [1.54, 1.807) is 6.07 Å². The average molecular weight is 278 g/mol. The highest BCUT2D eigenvalue weighted by Crippen LogP contribution is 2.40. The van der Waals surface area contributed by atoms with Gasteiger partial charge in [0.25, 0.3) is 0 Å². The van der Waals surface area contributed by atoms with Gasteiger partial charge in [0.05, 0.1) is 0 Å². The Bertz CT molecular complexity index is 617. The molecule has 0 fully saturated rings. The second-order valence-corrected chi connectivity index (χ2v) is 5.12. The highest BCUT2D eigenvalue weighted by Gasteiger charge is 2.27. The lowest BCUT2D eigenvalue weighted by molar-refractivity contribution is 0.161. The molecule has 19 heavy (non-hydrogen) atoms. The molecule has 4 heteroatoms. The minimum atomic E-state index is -0.293. The van der Waals surface area contributed by atoms with E-state index in [1.165, 1.54) is 12.1 Å². The van der Waals surface area contributed by atoms with E-state index in [9.17, 15) is 4.39 Å². The molecule has 0 aromatic heterocycles. The first-order valence-corrected chi connectivity index (χ1v) is 6.48. The zero-order chi connectivity index (χ0) is 13.4. The van der Waals surface area contributed by atoms with Crippen molar-refractivity contribution < 1.29 is 9.13 Å². The first kappa shape index (κ1) is 12.5. The molecule has 98 valence electrons. The molecule has 0 bridgehead atoms. The van der Waals surface area contributed by atoms with Gasteiger partial charge in [-0.15, -0.1) is 0 Å². The number of hydrogen-bond donors (Lipinski definition) is 1. The fourth-order valence-corrected chi connectivity index (χ4v) is 2.59. The zero-order valence-corrected chi connectivity index (χ0v) is 10.9. The van der Waals surface area contributed by atoms with Crippen LogP contribution in [-0.4, -0.2) is 0 Å². The van der Waals surface area contributed by atoms with Gasteiger partial charge in [-0.3, -0.25) is 0 Å². The Kier molecular flexibility index (Phi) is 3.17. The molecular formula is C15H13ClFNO. The second kappa shape index (κ2) is 4.83. The molecule has 1 heterocycles. The largest absolute Gasteiger partial charge is 0.485 e. The summed E-state index contributed by atoms with van der Waals surface area (Å²) in [7, 11) is 0. The highest BCUT2D eigenvalue weighted by molar-refractivity contribution is 6.30. The molecule has 0 saturated heterocycles. The Morgan fingerprint density at radius 1 is 1.21 bits per heavy atom. The molecule has 1 aliphatic heterocycles. The first-order valence-electron chi connectivity index (χ1n) is 6.10. The average Bonchev–Trinajstić information content (AvgIpc) is 2.39. The summed E-state index contributed by atoms with van der Waals surface area (Å²) in [5.74, 6) is 0.351. The quantitative estimate of drug-likeness (QED) is 0.855. The molecule has 0 saturated carbocycles. The maximum Gasteiger partial charge on any atom is 0.126 e. The van der Waals surface area contributed by atoms with Crippen LogP contribution in [0.3, 0.4) is 0 Å². The van der Waals surface area contributed by atoms with Crippen LogP contribution in [0, 0.1) is 5.82 Å². The fourth-order valence-electron chi connectivity index (χ4n) is 2.39. The van der Waals surface area contributed by atoms with Gasteiger partial charge in [-0.1, -0.05) is 23.7 Å². The van der Waals surface area contributed by atoms with Crippen LogP contribution >= 0.6 is 11.6 Å². The molecule has 2 aromatic rings. The van der Waals surface area contributed by atoms with Crippen LogP contribution in [-0.2, 0) is 0 Å². The number of rotatable bonds is 1. The minimum absolute atomic E-state index is 0.147. The predicted octanol–water partition coefficient (Wildman–Crippen LogP) is 4.00. The van der Waals surface area contributed by atoms with Crippen molar-refractivity contribution in [2.45, 2.75) is 18.6 Å². The van der Waals surface area contributed by atoms with Gasteiger partial charge in [0, 0.05) is 23.0 Å².